The molecule has 0 atom stereocenters. The van der Waals surface area contributed by atoms with Crippen LogP contribution in [0.25, 0.3) is 16.6 Å². The molecule has 0 saturated carbocycles. The third-order valence-electron chi connectivity index (χ3n) is 4.37. The van der Waals surface area contributed by atoms with Gasteiger partial charge in [0.05, 0.1) is 29.9 Å². The molecule has 0 aliphatic rings. The standard InChI is InChI=1S/C22H18N4O3/c1-29-20-13-15(11-12-19(20)27)14-23-25-22-24-18-10-6-5-9-17(18)21(28)26(22)16-7-3-2-4-8-16/h2-14,27H,1H3,(H,24,25)/b23-14+. The maximum atomic E-state index is 13.1. The number of benzene rings is 3. The van der Waals surface area contributed by atoms with Gasteiger partial charge in [-0.1, -0.05) is 30.3 Å². The van der Waals surface area contributed by atoms with Crippen molar-refractivity contribution in [2.45, 2.75) is 0 Å². The van der Waals surface area contributed by atoms with Crippen LogP contribution in [0.2, 0.25) is 0 Å². The summed E-state index contributed by atoms with van der Waals surface area (Å²) in [7, 11) is 1.48. The summed E-state index contributed by atoms with van der Waals surface area (Å²) in [4.78, 5) is 17.7. The van der Waals surface area contributed by atoms with Crippen molar-refractivity contribution in [3.8, 4) is 17.2 Å². The zero-order valence-corrected chi connectivity index (χ0v) is 15.6. The zero-order valence-electron chi connectivity index (χ0n) is 15.6. The molecule has 0 unspecified atom stereocenters. The highest BCUT2D eigenvalue weighted by Gasteiger charge is 2.12. The van der Waals surface area contributed by atoms with E-state index in [1.54, 1.807) is 30.5 Å². The molecule has 144 valence electrons. The number of phenols is 1. The van der Waals surface area contributed by atoms with Crippen LogP contribution in [0.3, 0.4) is 0 Å². The number of fused-ring (bicyclic) bond motifs is 1. The first kappa shape index (κ1) is 18.2. The number of nitrogens with zero attached hydrogens (tertiary/aromatic N) is 3. The lowest BCUT2D eigenvalue weighted by Gasteiger charge is -2.12. The fourth-order valence-electron chi connectivity index (χ4n) is 2.96. The van der Waals surface area contributed by atoms with Crippen molar-refractivity contribution in [3.05, 3.63) is 88.7 Å². The van der Waals surface area contributed by atoms with E-state index in [2.05, 4.69) is 15.5 Å². The van der Waals surface area contributed by atoms with Crippen molar-refractivity contribution in [2.24, 2.45) is 5.10 Å². The molecule has 0 bridgehead atoms. The molecule has 1 heterocycles. The molecule has 4 aromatic rings. The number of aromatic hydroxyl groups is 1. The lowest BCUT2D eigenvalue weighted by molar-refractivity contribution is 0.373. The Bertz CT molecular complexity index is 1250. The van der Waals surface area contributed by atoms with E-state index in [4.69, 9.17) is 4.74 Å². The van der Waals surface area contributed by atoms with Crippen LogP contribution in [0.1, 0.15) is 5.56 Å². The van der Waals surface area contributed by atoms with Crippen LogP contribution in [0.15, 0.2) is 82.7 Å². The van der Waals surface area contributed by atoms with Crippen molar-refractivity contribution in [3.63, 3.8) is 0 Å². The van der Waals surface area contributed by atoms with Crippen molar-refractivity contribution in [2.75, 3.05) is 12.5 Å². The lowest BCUT2D eigenvalue weighted by Crippen LogP contribution is -2.22. The van der Waals surface area contributed by atoms with Crippen molar-refractivity contribution >= 4 is 23.1 Å². The molecule has 4 rings (SSSR count). The van der Waals surface area contributed by atoms with Crippen molar-refractivity contribution < 1.29 is 9.84 Å². The monoisotopic (exact) mass is 386 g/mol. The van der Waals surface area contributed by atoms with E-state index in [1.807, 2.05) is 42.5 Å². The summed E-state index contributed by atoms with van der Waals surface area (Å²) in [6.07, 6.45) is 1.55. The number of aromatic nitrogens is 2. The number of ether oxygens (including phenoxy) is 1. The van der Waals surface area contributed by atoms with E-state index in [0.29, 0.717) is 33.9 Å². The number of hydrogen-bond donors (Lipinski definition) is 2. The Hall–Kier alpha value is -4.13. The largest absolute Gasteiger partial charge is 0.504 e. The van der Waals surface area contributed by atoms with E-state index in [9.17, 15) is 9.90 Å². The topological polar surface area (TPSA) is 88.7 Å². The molecule has 0 fully saturated rings. The van der Waals surface area contributed by atoms with Gasteiger partial charge in [-0.25, -0.2) is 15.0 Å². The number of phenolic OH excluding ortho intramolecular Hbond substituents is 1. The minimum absolute atomic E-state index is 0.0479. The van der Waals surface area contributed by atoms with Crippen LogP contribution in [0, 0.1) is 0 Å². The Morgan fingerprint density at radius 3 is 2.62 bits per heavy atom. The normalized spacial score (nSPS) is 11.1. The van der Waals surface area contributed by atoms with Gasteiger partial charge in [0, 0.05) is 0 Å². The van der Waals surface area contributed by atoms with Gasteiger partial charge in [-0.05, 0) is 48.0 Å². The summed E-state index contributed by atoms with van der Waals surface area (Å²) in [6.45, 7) is 0. The van der Waals surface area contributed by atoms with E-state index >= 15 is 0 Å². The third-order valence-corrected chi connectivity index (χ3v) is 4.37. The predicted octanol–water partition coefficient (Wildman–Crippen LogP) is 3.55. The Balaban J connectivity index is 1.76. The van der Waals surface area contributed by atoms with E-state index in [0.717, 1.165) is 0 Å². The van der Waals surface area contributed by atoms with Gasteiger partial charge in [-0.2, -0.15) is 5.10 Å². The molecular formula is C22H18N4O3. The van der Waals surface area contributed by atoms with Crippen LogP contribution in [-0.2, 0) is 0 Å². The molecule has 2 N–H and O–H groups in total. The van der Waals surface area contributed by atoms with Crippen LogP contribution in [0.5, 0.6) is 11.5 Å². The number of rotatable bonds is 5. The Morgan fingerprint density at radius 2 is 1.83 bits per heavy atom. The number of nitrogens with one attached hydrogen (secondary N) is 1. The highest BCUT2D eigenvalue weighted by atomic mass is 16.5. The fraction of sp³-hybridized carbons (Fsp3) is 0.0455. The van der Waals surface area contributed by atoms with Crippen LogP contribution < -0.4 is 15.7 Å². The average Bonchev–Trinajstić information content (AvgIpc) is 2.76. The zero-order chi connectivity index (χ0) is 20.2. The Kier molecular flexibility index (Phi) is 4.94. The average molecular weight is 386 g/mol. The highest BCUT2D eigenvalue weighted by molar-refractivity contribution is 5.82. The first-order valence-electron chi connectivity index (χ1n) is 8.90. The molecule has 0 aliphatic heterocycles. The maximum Gasteiger partial charge on any atom is 0.267 e. The van der Waals surface area contributed by atoms with Crippen LogP contribution in [0.4, 0.5) is 5.95 Å². The fourth-order valence-corrected chi connectivity index (χ4v) is 2.96. The van der Waals surface area contributed by atoms with Gasteiger partial charge in [0.15, 0.2) is 11.5 Å². The molecule has 7 heteroatoms. The van der Waals surface area contributed by atoms with Gasteiger partial charge in [0.2, 0.25) is 5.95 Å². The second-order valence-electron chi connectivity index (χ2n) is 6.23. The second-order valence-corrected chi connectivity index (χ2v) is 6.23. The summed E-state index contributed by atoms with van der Waals surface area (Å²) >= 11 is 0. The maximum absolute atomic E-state index is 13.1. The summed E-state index contributed by atoms with van der Waals surface area (Å²) in [5, 5.41) is 14.4. The highest BCUT2D eigenvalue weighted by Crippen LogP contribution is 2.25. The summed E-state index contributed by atoms with van der Waals surface area (Å²) in [5.74, 6) is 0.688. The SMILES string of the molecule is COc1cc(/C=N/Nc2nc3ccccc3c(=O)n2-c2ccccc2)ccc1O. The summed E-state index contributed by atoms with van der Waals surface area (Å²) in [5.41, 5.74) is 4.64. The molecule has 3 aromatic carbocycles. The first-order chi connectivity index (χ1) is 14.2. The van der Waals surface area contributed by atoms with E-state index < -0.39 is 0 Å². The van der Waals surface area contributed by atoms with Crippen molar-refractivity contribution in [1.82, 2.24) is 9.55 Å². The van der Waals surface area contributed by atoms with Crippen molar-refractivity contribution in [1.29, 1.82) is 0 Å². The van der Waals surface area contributed by atoms with Gasteiger partial charge in [0.25, 0.3) is 5.56 Å². The molecule has 29 heavy (non-hydrogen) atoms. The van der Waals surface area contributed by atoms with Crippen LogP contribution >= 0.6 is 0 Å². The molecular weight excluding hydrogens is 368 g/mol. The Morgan fingerprint density at radius 1 is 1.07 bits per heavy atom. The lowest BCUT2D eigenvalue weighted by atomic mass is 10.2. The van der Waals surface area contributed by atoms with E-state index in [1.165, 1.54) is 17.7 Å². The van der Waals surface area contributed by atoms with Gasteiger partial charge in [0.1, 0.15) is 0 Å². The number of para-hydroxylation sites is 2. The minimum atomic E-state index is -0.189. The Labute approximate surface area is 166 Å². The summed E-state index contributed by atoms with van der Waals surface area (Å²) < 4.78 is 6.58. The number of methoxy groups -OCH3 is 1. The second kappa shape index (κ2) is 7.85. The number of hydrogen-bond acceptors (Lipinski definition) is 6. The molecule has 0 saturated heterocycles. The van der Waals surface area contributed by atoms with Crippen LogP contribution in [-0.4, -0.2) is 28.0 Å². The van der Waals surface area contributed by atoms with E-state index in [-0.39, 0.29) is 11.3 Å². The smallest absolute Gasteiger partial charge is 0.267 e. The quantitative estimate of drug-likeness (QED) is 0.405. The first-order valence-corrected chi connectivity index (χ1v) is 8.90. The number of hydrazone groups is 1. The molecule has 0 radical (unpaired) electrons. The predicted molar refractivity (Wildman–Crippen MR) is 113 cm³/mol. The molecule has 0 spiro atoms. The molecule has 7 nitrogen and oxygen atoms in total. The third kappa shape index (κ3) is 3.66. The minimum Gasteiger partial charge on any atom is -0.504 e. The number of anilines is 1. The van der Waals surface area contributed by atoms with Gasteiger partial charge < -0.3 is 9.84 Å². The van der Waals surface area contributed by atoms with Gasteiger partial charge >= 0.3 is 0 Å². The molecule has 1 aromatic heterocycles. The molecule has 0 amide bonds. The summed E-state index contributed by atoms with van der Waals surface area (Å²) in [6, 6.07) is 21.3. The van der Waals surface area contributed by atoms with Gasteiger partial charge in [-0.3, -0.25) is 4.79 Å². The molecule has 0 aliphatic carbocycles. The van der Waals surface area contributed by atoms with Gasteiger partial charge in [-0.15, -0.1) is 0 Å².